The van der Waals surface area contributed by atoms with E-state index in [4.69, 9.17) is 5.73 Å². The fraction of sp³-hybridized carbons (Fsp3) is 0.312. The zero-order valence-electron chi connectivity index (χ0n) is 11.5. The van der Waals surface area contributed by atoms with Gasteiger partial charge in [0.25, 0.3) is 0 Å². The molecule has 0 radical (unpaired) electrons. The van der Waals surface area contributed by atoms with Gasteiger partial charge in [0.05, 0.1) is 0 Å². The summed E-state index contributed by atoms with van der Waals surface area (Å²) in [5.41, 5.74) is 11.1. The van der Waals surface area contributed by atoms with Crippen molar-refractivity contribution < 1.29 is 0 Å². The van der Waals surface area contributed by atoms with Crippen molar-refractivity contribution in [3.63, 3.8) is 0 Å². The maximum absolute atomic E-state index is 5.88. The zero-order chi connectivity index (χ0) is 13.7. The monoisotopic (exact) mass is 272 g/mol. The number of pyridine rings is 1. The lowest BCUT2D eigenvalue weighted by molar-refractivity contribution is 0.931. The predicted molar refractivity (Wildman–Crippen MR) is 83.2 cm³/mol. The van der Waals surface area contributed by atoms with Crippen molar-refractivity contribution in [1.29, 1.82) is 0 Å². The van der Waals surface area contributed by atoms with Crippen molar-refractivity contribution in [2.24, 2.45) is 5.73 Å². The van der Waals surface area contributed by atoms with Gasteiger partial charge in [0, 0.05) is 29.9 Å². The molecule has 2 aromatic rings. The van der Waals surface area contributed by atoms with Crippen molar-refractivity contribution in [2.45, 2.75) is 24.9 Å². The molecule has 0 aliphatic heterocycles. The number of aromatic nitrogens is 1. The molecule has 19 heavy (non-hydrogen) atoms. The molecule has 0 aliphatic rings. The fourth-order valence-corrected chi connectivity index (χ4v) is 3.24. The van der Waals surface area contributed by atoms with Gasteiger partial charge in [-0.3, -0.25) is 4.98 Å². The van der Waals surface area contributed by atoms with Crippen molar-refractivity contribution in [2.75, 3.05) is 6.54 Å². The SMILES string of the molecule is Cc1cc(C)cc(CSC(CN)c2cccnc2)c1. The third-order valence-electron chi connectivity index (χ3n) is 3.00. The highest BCUT2D eigenvalue weighted by Crippen LogP contribution is 2.30. The molecule has 2 N–H and O–H groups in total. The van der Waals surface area contributed by atoms with E-state index >= 15 is 0 Å². The van der Waals surface area contributed by atoms with E-state index in [1.807, 2.05) is 24.0 Å². The van der Waals surface area contributed by atoms with E-state index in [0.29, 0.717) is 11.8 Å². The van der Waals surface area contributed by atoms with Crippen molar-refractivity contribution in [3.8, 4) is 0 Å². The number of aryl methyl sites for hydroxylation is 2. The minimum Gasteiger partial charge on any atom is -0.329 e. The largest absolute Gasteiger partial charge is 0.329 e. The van der Waals surface area contributed by atoms with Crippen LogP contribution in [-0.2, 0) is 5.75 Å². The second-order valence-corrected chi connectivity index (χ2v) is 6.01. The fourth-order valence-electron chi connectivity index (χ4n) is 2.22. The van der Waals surface area contributed by atoms with Crippen LogP contribution in [0.2, 0.25) is 0 Å². The second kappa shape index (κ2) is 6.73. The molecule has 1 atom stereocenters. The van der Waals surface area contributed by atoms with Crippen LogP contribution >= 0.6 is 11.8 Å². The summed E-state index contributed by atoms with van der Waals surface area (Å²) in [6.45, 7) is 4.92. The average Bonchev–Trinajstić information content (AvgIpc) is 2.39. The van der Waals surface area contributed by atoms with Crippen LogP contribution in [0.4, 0.5) is 0 Å². The van der Waals surface area contributed by atoms with Gasteiger partial charge in [-0.05, 0) is 31.0 Å². The molecular formula is C16H20N2S. The number of nitrogens with zero attached hydrogens (tertiary/aromatic N) is 1. The molecule has 0 amide bonds. The molecule has 1 heterocycles. The Labute approximate surface area is 119 Å². The Morgan fingerprint density at radius 3 is 2.53 bits per heavy atom. The number of thioether (sulfide) groups is 1. The van der Waals surface area contributed by atoms with Crippen LogP contribution in [-0.4, -0.2) is 11.5 Å². The van der Waals surface area contributed by atoms with Gasteiger partial charge in [-0.1, -0.05) is 35.4 Å². The Balaban J connectivity index is 2.04. The van der Waals surface area contributed by atoms with Gasteiger partial charge >= 0.3 is 0 Å². The molecular weight excluding hydrogens is 252 g/mol. The summed E-state index contributed by atoms with van der Waals surface area (Å²) < 4.78 is 0. The first-order valence-corrected chi connectivity index (χ1v) is 7.52. The minimum absolute atomic E-state index is 0.314. The normalized spacial score (nSPS) is 12.4. The predicted octanol–water partition coefficient (Wildman–Crippen LogP) is 3.63. The Morgan fingerprint density at radius 1 is 1.21 bits per heavy atom. The number of nitrogens with two attached hydrogens (primary N) is 1. The van der Waals surface area contributed by atoms with Gasteiger partial charge in [-0.15, -0.1) is 11.8 Å². The van der Waals surface area contributed by atoms with Crippen LogP contribution in [0.1, 0.15) is 27.5 Å². The Kier molecular flexibility index (Phi) is 5.00. The first-order valence-electron chi connectivity index (χ1n) is 6.48. The summed E-state index contributed by atoms with van der Waals surface area (Å²) in [7, 11) is 0. The lowest BCUT2D eigenvalue weighted by atomic mass is 10.1. The van der Waals surface area contributed by atoms with E-state index in [-0.39, 0.29) is 0 Å². The average molecular weight is 272 g/mol. The summed E-state index contributed by atoms with van der Waals surface area (Å²) in [5.74, 6) is 0.985. The summed E-state index contributed by atoms with van der Waals surface area (Å²) in [6.07, 6.45) is 3.71. The van der Waals surface area contributed by atoms with Gasteiger partial charge in [0.1, 0.15) is 0 Å². The summed E-state index contributed by atoms with van der Waals surface area (Å²) in [4.78, 5) is 4.17. The molecule has 0 fully saturated rings. The van der Waals surface area contributed by atoms with Gasteiger partial charge in [0.15, 0.2) is 0 Å². The van der Waals surface area contributed by atoms with E-state index in [1.165, 1.54) is 22.3 Å². The summed E-state index contributed by atoms with van der Waals surface area (Å²) >= 11 is 1.88. The van der Waals surface area contributed by atoms with Gasteiger partial charge in [-0.25, -0.2) is 0 Å². The van der Waals surface area contributed by atoms with Gasteiger partial charge in [-0.2, -0.15) is 0 Å². The molecule has 1 aromatic heterocycles. The first kappa shape index (κ1) is 14.1. The van der Waals surface area contributed by atoms with E-state index in [0.717, 1.165) is 5.75 Å². The van der Waals surface area contributed by atoms with Crippen molar-refractivity contribution in [1.82, 2.24) is 4.98 Å². The van der Waals surface area contributed by atoms with E-state index in [1.54, 1.807) is 6.20 Å². The highest BCUT2D eigenvalue weighted by atomic mass is 32.2. The van der Waals surface area contributed by atoms with Crippen LogP contribution in [0.15, 0.2) is 42.7 Å². The van der Waals surface area contributed by atoms with Crippen LogP contribution in [0.5, 0.6) is 0 Å². The third kappa shape index (κ3) is 4.08. The Morgan fingerprint density at radius 2 is 1.95 bits per heavy atom. The highest BCUT2D eigenvalue weighted by Gasteiger charge is 2.10. The first-order chi connectivity index (χ1) is 9.19. The topological polar surface area (TPSA) is 38.9 Å². The Hall–Kier alpha value is -1.32. The zero-order valence-corrected chi connectivity index (χ0v) is 12.3. The lowest BCUT2D eigenvalue weighted by Gasteiger charge is -2.15. The van der Waals surface area contributed by atoms with Crippen molar-refractivity contribution in [3.05, 3.63) is 65.0 Å². The van der Waals surface area contributed by atoms with Crippen molar-refractivity contribution >= 4 is 11.8 Å². The molecule has 0 saturated carbocycles. The molecule has 2 rings (SSSR count). The molecule has 0 bridgehead atoms. The molecule has 2 nitrogen and oxygen atoms in total. The van der Waals surface area contributed by atoms with E-state index in [9.17, 15) is 0 Å². The number of benzene rings is 1. The van der Waals surface area contributed by atoms with E-state index in [2.05, 4.69) is 43.1 Å². The molecule has 0 saturated heterocycles. The number of hydrogen-bond donors (Lipinski definition) is 1. The molecule has 1 unspecified atom stereocenters. The van der Waals surface area contributed by atoms with Gasteiger partial charge in [0.2, 0.25) is 0 Å². The number of rotatable bonds is 5. The molecule has 100 valence electrons. The van der Waals surface area contributed by atoms with Crippen LogP contribution in [0.25, 0.3) is 0 Å². The standard InChI is InChI=1S/C16H20N2S/c1-12-6-13(2)8-14(7-12)11-19-16(9-17)15-4-3-5-18-10-15/h3-8,10,16H,9,11,17H2,1-2H3. The van der Waals surface area contributed by atoms with Gasteiger partial charge < -0.3 is 5.73 Å². The molecule has 3 heteroatoms. The van der Waals surface area contributed by atoms with E-state index < -0.39 is 0 Å². The molecule has 1 aromatic carbocycles. The number of hydrogen-bond acceptors (Lipinski definition) is 3. The highest BCUT2D eigenvalue weighted by molar-refractivity contribution is 7.98. The van der Waals surface area contributed by atoms with Crippen LogP contribution in [0, 0.1) is 13.8 Å². The Bertz CT molecular complexity index is 505. The summed E-state index contributed by atoms with van der Waals surface area (Å²) in [5, 5.41) is 0.314. The molecule has 0 aliphatic carbocycles. The minimum atomic E-state index is 0.314. The third-order valence-corrected chi connectivity index (χ3v) is 4.37. The quantitative estimate of drug-likeness (QED) is 0.903. The summed E-state index contributed by atoms with van der Waals surface area (Å²) in [6, 6.07) is 10.8. The van der Waals surface area contributed by atoms with Crippen LogP contribution < -0.4 is 5.73 Å². The lowest BCUT2D eigenvalue weighted by Crippen LogP contribution is -2.09. The van der Waals surface area contributed by atoms with Crippen LogP contribution in [0.3, 0.4) is 0 Å². The molecule has 0 spiro atoms. The smallest absolute Gasteiger partial charge is 0.0438 e. The maximum Gasteiger partial charge on any atom is 0.0438 e. The maximum atomic E-state index is 5.88. The second-order valence-electron chi connectivity index (χ2n) is 4.82.